The number of hydrogen-bond donors (Lipinski definition) is 1. The highest BCUT2D eigenvalue weighted by Crippen LogP contribution is 2.40. The minimum Gasteiger partial charge on any atom is -0.497 e. The highest BCUT2D eigenvalue weighted by Gasteiger charge is 2.55. The van der Waals surface area contributed by atoms with Gasteiger partial charge in [-0.2, -0.15) is 0 Å². The van der Waals surface area contributed by atoms with E-state index in [1.54, 1.807) is 36.3 Å². The second-order valence-corrected chi connectivity index (χ2v) is 8.04. The maximum atomic E-state index is 13.7. The van der Waals surface area contributed by atoms with Crippen molar-refractivity contribution in [3.8, 4) is 5.75 Å². The van der Waals surface area contributed by atoms with Crippen LogP contribution in [-0.2, 0) is 9.59 Å². The number of benzene rings is 3. The molecular weight excluding hydrogens is 400 g/mol. The molecule has 0 spiro atoms. The minimum atomic E-state index is -1.13. The van der Waals surface area contributed by atoms with Gasteiger partial charge in [-0.25, -0.2) is 0 Å². The van der Waals surface area contributed by atoms with E-state index in [0.29, 0.717) is 11.4 Å². The lowest BCUT2D eigenvalue weighted by Crippen LogP contribution is -2.68. The van der Waals surface area contributed by atoms with E-state index in [4.69, 9.17) is 4.74 Å². The largest absolute Gasteiger partial charge is 0.497 e. The summed E-state index contributed by atoms with van der Waals surface area (Å²) in [5.41, 5.74) is 3.25. The number of anilines is 2. The number of hydrogen-bond acceptors (Lipinski definition) is 3. The number of carbonyl (C=O) groups is 2. The lowest BCUT2D eigenvalue weighted by molar-refractivity contribution is -0.134. The third kappa shape index (κ3) is 4.02. The highest BCUT2D eigenvalue weighted by atomic mass is 16.5. The molecule has 3 aromatic rings. The van der Waals surface area contributed by atoms with Crippen molar-refractivity contribution in [3.63, 3.8) is 0 Å². The number of ether oxygens (including phenoxy) is 1. The number of aryl methyl sites for hydroxylation is 2. The Morgan fingerprint density at radius 2 is 1.75 bits per heavy atom. The molecule has 1 heterocycles. The zero-order chi connectivity index (χ0) is 22.7. The van der Waals surface area contributed by atoms with Crippen molar-refractivity contribution in [3.05, 3.63) is 95.6 Å². The van der Waals surface area contributed by atoms with Gasteiger partial charge in [0, 0.05) is 11.4 Å². The Balaban J connectivity index is 1.74. The van der Waals surface area contributed by atoms with Crippen LogP contribution in [0.25, 0.3) is 6.08 Å². The summed E-state index contributed by atoms with van der Waals surface area (Å²) in [5.74, 6) is 0.338. The molecule has 1 aliphatic rings. The first-order chi connectivity index (χ1) is 15.4. The molecule has 1 atom stereocenters. The molecule has 5 nitrogen and oxygen atoms in total. The molecule has 162 valence electrons. The van der Waals surface area contributed by atoms with Crippen molar-refractivity contribution < 1.29 is 14.3 Å². The molecule has 0 bridgehead atoms. The lowest BCUT2D eigenvalue weighted by atomic mass is 9.81. The Morgan fingerprint density at radius 1 is 1.03 bits per heavy atom. The van der Waals surface area contributed by atoms with Crippen molar-refractivity contribution in [2.45, 2.75) is 25.8 Å². The quantitative estimate of drug-likeness (QED) is 0.555. The summed E-state index contributed by atoms with van der Waals surface area (Å²) in [7, 11) is 1.59. The fourth-order valence-corrected chi connectivity index (χ4v) is 3.92. The second kappa shape index (κ2) is 8.71. The summed E-state index contributed by atoms with van der Waals surface area (Å²) in [5, 5.41) is 3.06. The number of nitrogens with one attached hydrogen (secondary N) is 1. The van der Waals surface area contributed by atoms with E-state index in [1.807, 2.05) is 74.5 Å². The van der Waals surface area contributed by atoms with Gasteiger partial charge in [-0.05, 0) is 66.9 Å². The molecular formula is C27H26N2O3. The average Bonchev–Trinajstić information content (AvgIpc) is 2.80. The summed E-state index contributed by atoms with van der Waals surface area (Å²) in [6.45, 7) is 3.94. The lowest BCUT2D eigenvalue weighted by Gasteiger charge is -2.48. The Labute approximate surface area is 188 Å². The van der Waals surface area contributed by atoms with Crippen molar-refractivity contribution in [1.82, 2.24) is 0 Å². The first-order valence-electron chi connectivity index (χ1n) is 10.5. The number of nitrogens with zero attached hydrogens (tertiary/aromatic N) is 1. The van der Waals surface area contributed by atoms with Gasteiger partial charge in [0.05, 0.1) is 13.5 Å². The first-order valence-corrected chi connectivity index (χ1v) is 10.5. The highest BCUT2D eigenvalue weighted by molar-refractivity contribution is 6.18. The number of β-lactam (4-membered cyclic amide) rings is 1. The molecule has 1 aliphatic heterocycles. The topological polar surface area (TPSA) is 58.6 Å². The van der Waals surface area contributed by atoms with E-state index < -0.39 is 5.54 Å². The number of amides is 2. The van der Waals surface area contributed by atoms with Gasteiger partial charge >= 0.3 is 0 Å². The molecule has 2 amide bonds. The molecule has 1 N–H and O–H groups in total. The molecule has 1 fully saturated rings. The van der Waals surface area contributed by atoms with Gasteiger partial charge in [-0.1, -0.05) is 48.5 Å². The van der Waals surface area contributed by atoms with Gasteiger partial charge in [0.1, 0.15) is 5.75 Å². The van der Waals surface area contributed by atoms with Crippen LogP contribution in [0.1, 0.15) is 23.1 Å². The van der Waals surface area contributed by atoms with Gasteiger partial charge in [-0.15, -0.1) is 0 Å². The van der Waals surface area contributed by atoms with E-state index in [0.717, 1.165) is 22.4 Å². The zero-order valence-corrected chi connectivity index (χ0v) is 18.5. The molecule has 0 aliphatic carbocycles. The van der Waals surface area contributed by atoms with Crippen molar-refractivity contribution in [1.29, 1.82) is 0 Å². The SMILES string of the molecule is COc1ccc(N2C(=O)CC2(C=Cc2ccccc2)C(=O)Nc2cc(C)ccc2C)cc1. The molecule has 4 rings (SSSR count). The van der Waals surface area contributed by atoms with Crippen LogP contribution < -0.4 is 15.0 Å². The van der Waals surface area contributed by atoms with Crippen LogP contribution in [0, 0.1) is 13.8 Å². The normalized spacial score (nSPS) is 17.8. The summed E-state index contributed by atoms with van der Waals surface area (Å²) < 4.78 is 5.24. The molecule has 0 aromatic heterocycles. The molecule has 0 saturated carbocycles. The molecule has 1 saturated heterocycles. The second-order valence-electron chi connectivity index (χ2n) is 8.04. The molecule has 0 radical (unpaired) electrons. The monoisotopic (exact) mass is 426 g/mol. The van der Waals surface area contributed by atoms with Crippen LogP contribution in [0.2, 0.25) is 0 Å². The maximum Gasteiger partial charge on any atom is 0.255 e. The first kappa shape index (κ1) is 21.4. The van der Waals surface area contributed by atoms with Gasteiger partial charge in [-0.3, -0.25) is 14.5 Å². The third-order valence-corrected chi connectivity index (χ3v) is 5.79. The zero-order valence-electron chi connectivity index (χ0n) is 18.5. The van der Waals surface area contributed by atoms with Crippen molar-refractivity contribution in [2.24, 2.45) is 0 Å². The van der Waals surface area contributed by atoms with Crippen LogP contribution in [0.15, 0.2) is 78.9 Å². The Bertz CT molecular complexity index is 1170. The van der Waals surface area contributed by atoms with Crippen molar-refractivity contribution >= 4 is 29.3 Å². The van der Waals surface area contributed by atoms with E-state index in [1.165, 1.54) is 0 Å². The summed E-state index contributed by atoms with van der Waals surface area (Å²) in [6.07, 6.45) is 3.82. The van der Waals surface area contributed by atoms with Gasteiger partial charge < -0.3 is 10.1 Å². The Morgan fingerprint density at radius 3 is 2.41 bits per heavy atom. The summed E-state index contributed by atoms with van der Waals surface area (Å²) in [6, 6.07) is 22.8. The predicted octanol–water partition coefficient (Wildman–Crippen LogP) is 5.14. The van der Waals surface area contributed by atoms with Crippen LogP contribution in [0.3, 0.4) is 0 Å². The standard InChI is InChI=1S/C27H26N2O3/c1-19-9-10-20(2)24(17-19)28-26(31)27(16-15-21-7-5-4-6-8-21)18-25(30)29(27)22-11-13-23(32-3)14-12-22/h4-17H,18H2,1-3H3,(H,28,31). The molecule has 5 heteroatoms. The van der Waals surface area contributed by atoms with Gasteiger partial charge in [0.25, 0.3) is 5.91 Å². The van der Waals surface area contributed by atoms with E-state index >= 15 is 0 Å². The fourth-order valence-electron chi connectivity index (χ4n) is 3.92. The van der Waals surface area contributed by atoms with Gasteiger partial charge in [0.2, 0.25) is 5.91 Å². The summed E-state index contributed by atoms with van der Waals surface area (Å²) >= 11 is 0. The van der Waals surface area contributed by atoms with Crippen LogP contribution in [-0.4, -0.2) is 24.5 Å². The van der Waals surface area contributed by atoms with Crippen LogP contribution in [0.5, 0.6) is 5.75 Å². The van der Waals surface area contributed by atoms with E-state index in [2.05, 4.69) is 5.32 Å². The van der Waals surface area contributed by atoms with Crippen LogP contribution >= 0.6 is 0 Å². The predicted molar refractivity (Wildman–Crippen MR) is 128 cm³/mol. The maximum absolute atomic E-state index is 13.7. The average molecular weight is 427 g/mol. The number of methoxy groups -OCH3 is 1. The molecule has 1 unspecified atom stereocenters. The third-order valence-electron chi connectivity index (χ3n) is 5.79. The molecule has 32 heavy (non-hydrogen) atoms. The Hall–Kier alpha value is -3.86. The molecule has 3 aromatic carbocycles. The van der Waals surface area contributed by atoms with Gasteiger partial charge in [0.15, 0.2) is 5.54 Å². The number of rotatable bonds is 6. The number of carbonyl (C=O) groups excluding carboxylic acids is 2. The summed E-state index contributed by atoms with van der Waals surface area (Å²) in [4.78, 5) is 28.0. The van der Waals surface area contributed by atoms with Crippen LogP contribution in [0.4, 0.5) is 11.4 Å². The van der Waals surface area contributed by atoms with Crippen molar-refractivity contribution in [2.75, 3.05) is 17.3 Å². The Kier molecular flexibility index (Phi) is 5.82. The minimum absolute atomic E-state index is 0.0963. The fraction of sp³-hybridized carbons (Fsp3) is 0.185. The van der Waals surface area contributed by atoms with E-state index in [-0.39, 0.29) is 18.2 Å². The smallest absolute Gasteiger partial charge is 0.255 e. The van der Waals surface area contributed by atoms with E-state index in [9.17, 15) is 9.59 Å².